The third kappa shape index (κ3) is 2.96. The molecule has 1 saturated heterocycles. The average Bonchev–Trinajstić information content (AvgIpc) is 2.92. The summed E-state index contributed by atoms with van der Waals surface area (Å²) in [4.78, 5) is 18.3. The zero-order valence-corrected chi connectivity index (χ0v) is 11.7. The van der Waals surface area contributed by atoms with Crippen LogP contribution in [0.1, 0.15) is 23.7 Å². The van der Waals surface area contributed by atoms with Crippen LogP contribution in [0.3, 0.4) is 0 Å². The van der Waals surface area contributed by atoms with E-state index in [0.717, 1.165) is 30.3 Å². The summed E-state index contributed by atoms with van der Waals surface area (Å²) in [6.07, 6.45) is 2.74. The van der Waals surface area contributed by atoms with Crippen molar-refractivity contribution in [1.82, 2.24) is 9.88 Å². The second kappa shape index (κ2) is 6.09. The second-order valence-corrected chi connectivity index (χ2v) is 5.55. The van der Waals surface area contributed by atoms with Gasteiger partial charge in [0.2, 0.25) is 0 Å². The number of hydrogen-bond acceptors (Lipinski definition) is 4. The maximum atomic E-state index is 12.3. The van der Waals surface area contributed by atoms with Crippen LogP contribution in [0.25, 0.3) is 0 Å². The van der Waals surface area contributed by atoms with Crippen LogP contribution in [-0.4, -0.2) is 46.9 Å². The number of aromatic nitrogens is 1. The van der Waals surface area contributed by atoms with Gasteiger partial charge in [-0.2, -0.15) is 11.8 Å². The summed E-state index contributed by atoms with van der Waals surface area (Å²) in [6.45, 7) is 2.85. The van der Waals surface area contributed by atoms with E-state index in [4.69, 9.17) is 0 Å². The monoisotopic (exact) mass is 265 g/mol. The lowest BCUT2D eigenvalue weighted by molar-refractivity contribution is 0.0747. The van der Waals surface area contributed by atoms with E-state index in [0.29, 0.717) is 11.6 Å². The predicted octanol–water partition coefficient (Wildman–Crippen LogP) is 2.09. The molecule has 0 bridgehead atoms. The molecule has 1 aliphatic heterocycles. The van der Waals surface area contributed by atoms with Gasteiger partial charge in [-0.05, 0) is 31.2 Å². The van der Waals surface area contributed by atoms with Gasteiger partial charge in [-0.25, -0.2) is 4.98 Å². The van der Waals surface area contributed by atoms with Gasteiger partial charge in [0.25, 0.3) is 5.91 Å². The molecule has 1 atom stereocenters. The Hall–Kier alpha value is -1.23. The zero-order chi connectivity index (χ0) is 13.0. The first-order valence-electron chi connectivity index (χ1n) is 6.27. The molecule has 4 nitrogen and oxygen atoms in total. The fourth-order valence-corrected chi connectivity index (χ4v) is 3.27. The van der Waals surface area contributed by atoms with Gasteiger partial charge in [-0.15, -0.1) is 0 Å². The molecule has 98 valence electrons. The van der Waals surface area contributed by atoms with Crippen LogP contribution < -0.4 is 5.32 Å². The Balaban J connectivity index is 2.03. The summed E-state index contributed by atoms with van der Waals surface area (Å²) in [7, 11) is 1.89. The van der Waals surface area contributed by atoms with Crippen LogP contribution in [0.2, 0.25) is 0 Å². The van der Waals surface area contributed by atoms with Gasteiger partial charge in [-0.3, -0.25) is 4.79 Å². The Morgan fingerprint density at radius 2 is 2.44 bits per heavy atom. The van der Waals surface area contributed by atoms with Gasteiger partial charge in [-0.1, -0.05) is 0 Å². The molecule has 1 aliphatic rings. The van der Waals surface area contributed by atoms with Crippen LogP contribution in [0, 0.1) is 0 Å². The molecule has 5 heteroatoms. The molecule has 1 fully saturated rings. The van der Waals surface area contributed by atoms with E-state index in [1.807, 2.05) is 42.8 Å². The molecule has 1 amide bonds. The van der Waals surface area contributed by atoms with Crippen molar-refractivity contribution in [3.63, 3.8) is 0 Å². The molecule has 0 radical (unpaired) electrons. The quantitative estimate of drug-likeness (QED) is 0.905. The smallest absolute Gasteiger partial charge is 0.255 e. The van der Waals surface area contributed by atoms with Crippen molar-refractivity contribution in [3.05, 3.63) is 23.9 Å². The third-order valence-corrected chi connectivity index (χ3v) is 4.29. The molecular weight excluding hydrogens is 246 g/mol. The lowest BCUT2D eigenvalue weighted by atomic mass is 10.2. The Morgan fingerprint density at radius 1 is 1.61 bits per heavy atom. The summed E-state index contributed by atoms with van der Waals surface area (Å²) in [5.41, 5.74) is 0.663. The standard InChI is InChI=1S/C13H19N3OS/c1-3-14-12-5-4-10(8-15-12)13(17)16(2)11-6-7-18-9-11/h4-5,8,11H,3,6-7,9H2,1-2H3,(H,14,15). The molecule has 0 aromatic carbocycles. The lowest BCUT2D eigenvalue weighted by Crippen LogP contribution is -2.37. The lowest BCUT2D eigenvalue weighted by Gasteiger charge is -2.23. The number of nitrogens with one attached hydrogen (secondary N) is 1. The molecule has 1 N–H and O–H groups in total. The highest BCUT2D eigenvalue weighted by molar-refractivity contribution is 7.99. The van der Waals surface area contributed by atoms with Crippen molar-refractivity contribution < 1.29 is 4.79 Å². The Labute approximate surface area is 112 Å². The minimum atomic E-state index is 0.0676. The molecule has 2 rings (SSSR count). The minimum Gasteiger partial charge on any atom is -0.370 e. The minimum absolute atomic E-state index is 0.0676. The summed E-state index contributed by atoms with van der Waals surface area (Å²) in [5.74, 6) is 3.08. The van der Waals surface area contributed by atoms with Gasteiger partial charge < -0.3 is 10.2 Å². The van der Waals surface area contributed by atoms with Crippen molar-refractivity contribution in [3.8, 4) is 0 Å². The number of carbonyl (C=O) groups is 1. The third-order valence-electron chi connectivity index (χ3n) is 3.14. The van der Waals surface area contributed by atoms with E-state index in [9.17, 15) is 4.79 Å². The fraction of sp³-hybridized carbons (Fsp3) is 0.538. The molecule has 0 aliphatic carbocycles. The molecule has 0 spiro atoms. The average molecular weight is 265 g/mol. The van der Waals surface area contributed by atoms with Gasteiger partial charge in [0, 0.05) is 31.6 Å². The highest BCUT2D eigenvalue weighted by atomic mass is 32.2. The van der Waals surface area contributed by atoms with Crippen LogP contribution >= 0.6 is 11.8 Å². The first-order chi connectivity index (χ1) is 8.72. The van der Waals surface area contributed by atoms with E-state index in [2.05, 4.69) is 10.3 Å². The zero-order valence-electron chi connectivity index (χ0n) is 10.8. The van der Waals surface area contributed by atoms with E-state index >= 15 is 0 Å². The number of hydrogen-bond donors (Lipinski definition) is 1. The summed E-state index contributed by atoms with van der Waals surface area (Å²) < 4.78 is 0. The van der Waals surface area contributed by atoms with E-state index < -0.39 is 0 Å². The highest BCUT2D eigenvalue weighted by Gasteiger charge is 2.24. The van der Waals surface area contributed by atoms with Gasteiger partial charge in [0.05, 0.1) is 5.56 Å². The van der Waals surface area contributed by atoms with Crippen LogP contribution in [0.5, 0.6) is 0 Å². The molecule has 2 heterocycles. The van der Waals surface area contributed by atoms with Gasteiger partial charge >= 0.3 is 0 Å². The number of nitrogens with zero attached hydrogens (tertiary/aromatic N) is 2. The van der Waals surface area contributed by atoms with Crippen molar-refractivity contribution in [1.29, 1.82) is 0 Å². The number of rotatable bonds is 4. The highest BCUT2D eigenvalue weighted by Crippen LogP contribution is 2.22. The molecular formula is C13H19N3OS. The van der Waals surface area contributed by atoms with E-state index in [-0.39, 0.29) is 5.91 Å². The normalized spacial score (nSPS) is 18.7. The van der Waals surface area contributed by atoms with Crippen LogP contribution in [0.4, 0.5) is 5.82 Å². The predicted molar refractivity (Wildman–Crippen MR) is 76.2 cm³/mol. The summed E-state index contributed by atoms with van der Waals surface area (Å²) in [6, 6.07) is 4.07. The molecule has 1 aromatic heterocycles. The van der Waals surface area contributed by atoms with Gasteiger partial charge in [0.15, 0.2) is 0 Å². The fourth-order valence-electron chi connectivity index (χ4n) is 2.00. The maximum absolute atomic E-state index is 12.3. The van der Waals surface area contributed by atoms with Crippen molar-refractivity contribution in [2.45, 2.75) is 19.4 Å². The Kier molecular flexibility index (Phi) is 4.47. The van der Waals surface area contributed by atoms with Crippen LogP contribution in [0.15, 0.2) is 18.3 Å². The first-order valence-corrected chi connectivity index (χ1v) is 7.42. The number of pyridine rings is 1. The number of anilines is 1. The van der Waals surface area contributed by atoms with Crippen LogP contribution in [-0.2, 0) is 0 Å². The summed E-state index contributed by atoms with van der Waals surface area (Å²) >= 11 is 1.91. The van der Waals surface area contributed by atoms with Crippen molar-refractivity contribution >= 4 is 23.5 Å². The van der Waals surface area contributed by atoms with E-state index in [1.165, 1.54) is 0 Å². The largest absolute Gasteiger partial charge is 0.370 e. The Morgan fingerprint density at radius 3 is 3.00 bits per heavy atom. The summed E-state index contributed by atoms with van der Waals surface area (Å²) in [5, 5.41) is 3.12. The van der Waals surface area contributed by atoms with Gasteiger partial charge in [0.1, 0.15) is 5.82 Å². The molecule has 1 aromatic rings. The maximum Gasteiger partial charge on any atom is 0.255 e. The number of thioether (sulfide) groups is 1. The molecule has 1 unspecified atom stereocenters. The SMILES string of the molecule is CCNc1ccc(C(=O)N(C)C2CCSC2)cn1. The topological polar surface area (TPSA) is 45.2 Å². The molecule has 18 heavy (non-hydrogen) atoms. The first kappa shape index (κ1) is 13.2. The van der Waals surface area contributed by atoms with Crippen molar-refractivity contribution in [2.75, 3.05) is 30.4 Å². The van der Waals surface area contributed by atoms with E-state index in [1.54, 1.807) is 6.20 Å². The number of amides is 1. The molecule has 0 saturated carbocycles. The Bertz CT molecular complexity index is 401. The number of carbonyl (C=O) groups excluding carboxylic acids is 1. The second-order valence-electron chi connectivity index (χ2n) is 4.40. The van der Waals surface area contributed by atoms with Crippen molar-refractivity contribution in [2.24, 2.45) is 0 Å².